The monoisotopic (exact) mass is 343 g/mol. The number of hydrogen-bond donors (Lipinski definition) is 2. The van der Waals surface area contributed by atoms with Gasteiger partial charge in [0.05, 0.1) is 23.5 Å². The quantitative estimate of drug-likeness (QED) is 0.746. The molecule has 1 amide bonds. The van der Waals surface area contributed by atoms with Crippen LogP contribution < -0.4 is 0 Å². The van der Waals surface area contributed by atoms with E-state index < -0.39 is 6.09 Å². The topological polar surface area (TPSA) is 117 Å². The number of H-pyrrole nitrogens is 1. The fraction of sp³-hybridized carbons (Fsp3) is 0.375. The van der Waals surface area contributed by atoms with Gasteiger partial charge < -0.3 is 24.3 Å². The van der Waals surface area contributed by atoms with Gasteiger partial charge in [-0.1, -0.05) is 5.16 Å². The zero-order valence-corrected chi connectivity index (χ0v) is 13.4. The van der Waals surface area contributed by atoms with Crippen molar-refractivity contribution in [1.29, 1.82) is 0 Å². The Morgan fingerprint density at radius 1 is 1.40 bits per heavy atom. The van der Waals surface area contributed by atoms with Crippen LogP contribution in [0.25, 0.3) is 22.5 Å². The molecule has 0 unspecified atom stereocenters. The van der Waals surface area contributed by atoms with E-state index in [1.54, 1.807) is 6.33 Å². The summed E-state index contributed by atoms with van der Waals surface area (Å²) >= 11 is 0. The Labute approximate surface area is 142 Å². The number of carbonyl (C=O) groups is 1. The highest BCUT2D eigenvalue weighted by atomic mass is 16.5. The number of fused-ring (bicyclic) bond motifs is 1. The lowest BCUT2D eigenvalue weighted by Gasteiger charge is -2.29. The standard InChI is InChI=1S/C16H17N5O4/c22-16(23)21-5-3-11(4-6-21)24-8-14-19-15(25-20-14)10-1-2-12-13(7-10)18-9-17-12/h1-2,7,9,11H,3-6,8H2,(H,17,18)(H,22,23). The van der Waals surface area contributed by atoms with Crippen molar-refractivity contribution in [2.24, 2.45) is 0 Å². The summed E-state index contributed by atoms with van der Waals surface area (Å²) < 4.78 is 11.1. The highest BCUT2D eigenvalue weighted by Gasteiger charge is 2.23. The molecule has 9 nitrogen and oxygen atoms in total. The van der Waals surface area contributed by atoms with Gasteiger partial charge in [-0.3, -0.25) is 0 Å². The van der Waals surface area contributed by atoms with Gasteiger partial charge in [-0.2, -0.15) is 4.98 Å². The largest absolute Gasteiger partial charge is 0.465 e. The predicted octanol–water partition coefficient (Wildman–Crippen LogP) is 2.27. The Hall–Kier alpha value is -2.94. The van der Waals surface area contributed by atoms with E-state index in [4.69, 9.17) is 14.4 Å². The number of aromatic amines is 1. The van der Waals surface area contributed by atoms with Crippen LogP contribution in [0.4, 0.5) is 4.79 Å². The van der Waals surface area contributed by atoms with E-state index in [9.17, 15) is 4.79 Å². The Morgan fingerprint density at radius 3 is 3.04 bits per heavy atom. The number of ether oxygens (including phenoxy) is 1. The summed E-state index contributed by atoms with van der Waals surface area (Å²) in [6.07, 6.45) is 2.12. The molecule has 1 aliphatic heterocycles. The zero-order valence-electron chi connectivity index (χ0n) is 13.4. The number of rotatable bonds is 4. The number of amides is 1. The van der Waals surface area contributed by atoms with Crippen LogP contribution in [-0.4, -0.2) is 55.4 Å². The van der Waals surface area contributed by atoms with Crippen LogP contribution in [0.3, 0.4) is 0 Å². The fourth-order valence-corrected chi connectivity index (χ4v) is 2.90. The Bertz CT molecular complexity index is 881. The number of likely N-dealkylation sites (tertiary alicyclic amines) is 1. The van der Waals surface area contributed by atoms with E-state index in [1.165, 1.54) is 4.90 Å². The molecule has 0 aliphatic carbocycles. The van der Waals surface area contributed by atoms with Crippen LogP contribution in [0.5, 0.6) is 0 Å². The lowest BCUT2D eigenvalue weighted by molar-refractivity contribution is -0.00294. The second-order valence-electron chi connectivity index (χ2n) is 5.93. The first-order valence-corrected chi connectivity index (χ1v) is 8.04. The van der Waals surface area contributed by atoms with Crippen LogP contribution in [0, 0.1) is 0 Å². The number of nitrogens with one attached hydrogen (secondary N) is 1. The molecule has 4 rings (SSSR count). The average molecular weight is 343 g/mol. The highest BCUT2D eigenvalue weighted by molar-refractivity contribution is 5.79. The van der Waals surface area contributed by atoms with Gasteiger partial charge in [0.1, 0.15) is 6.61 Å². The Balaban J connectivity index is 1.36. The highest BCUT2D eigenvalue weighted by Crippen LogP contribution is 2.22. The molecule has 1 saturated heterocycles. The zero-order chi connectivity index (χ0) is 17.2. The van der Waals surface area contributed by atoms with Crippen molar-refractivity contribution in [3.05, 3.63) is 30.4 Å². The SMILES string of the molecule is O=C(O)N1CCC(OCc2noc(-c3ccc4nc[nH]c4c3)n2)CC1. The van der Waals surface area contributed by atoms with Crippen LogP contribution in [0.15, 0.2) is 29.0 Å². The summed E-state index contributed by atoms with van der Waals surface area (Å²) in [5, 5.41) is 12.9. The molecule has 1 fully saturated rings. The molecule has 1 aliphatic rings. The van der Waals surface area contributed by atoms with Gasteiger partial charge in [-0.05, 0) is 31.0 Å². The second kappa shape index (κ2) is 6.52. The van der Waals surface area contributed by atoms with Crippen LogP contribution in [-0.2, 0) is 11.3 Å². The van der Waals surface area contributed by atoms with E-state index in [1.807, 2.05) is 18.2 Å². The van der Waals surface area contributed by atoms with Crippen molar-refractivity contribution in [2.75, 3.05) is 13.1 Å². The molecule has 0 spiro atoms. The minimum absolute atomic E-state index is 0.0129. The first-order chi connectivity index (χ1) is 12.2. The molecule has 130 valence electrons. The lowest BCUT2D eigenvalue weighted by atomic mass is 10.1. The number of aromatic nitrogens is 4. The third-order valence-corrected chi connectivity index (χ3v) is 4.30. The minimum atomic E-state index is -0.879. The third kappa shape index (κ3) is 3.31. The summed E-state index contributed by atoms with van der Waals surface area (Å²) in [4.78, 5) is 23.9. The van der Waals surface area contributed by atoms with Crippen molar-refractivity contribution in [3.8, 4) is 11.5 Å². The Morgan fingerprint density at radius 2 is 2.24 bits per heavy atom. The molecular weight excluding hydrogens is 326 g/mol. The maximum Gasteiger partial charge on any atom is 0.407 e. The number of carboxylic acid groups (broad SMARTS) is 1. The van der Waals surface area contributed by atoms with Gasteiger partial charge in [-0.15, -0.1) is 0 Å². The van der Waals surface area contributed by atoms with Gasteiger partial charge in [0.15, 0.2) is 5.82 Å². The average Bonchev–Trinajstić information content (AvgIpc) is 3.28. The summed E-state index contributed by atoms with van der Waals surface area (Å²) in [5.41, 5.74) is 2.59. The first-order valence-electron chi connectivity index (χ1n) is 8.04. The molecule has 2 N–H and O–H groups in total. The molecule has 3 heterocycles. The number of piperidine rings is 1. The first kappa shape index (κ1) is 15.6. The van der Waals surface area contributed by atoms with Crippen LogP contribution >= 0.6 is 0 Å². The lowest BCUT2D eigenvalue weighted by Crippen LogP contribution is -2.40. The summed E-state index contributed by atoms with van der Waals surface area (Å²) in [7, 11) is 0. The normalized spacial score (nSPS) is 15.8. The van der Waals surface area contributed by atoms with Crippen LogP contribution in [0.1, 0.15) is 18.7 Å². The van der Waals surface area contributed by atoms with Gasteiger partial charge in [-0.25, -0.2) is 9.78 Å². The van der Waals surface area contributed by atoms with Crippen molar-refractivity contribution in [1.82, 2.24) is 25.0 Å². The maximum absolute atomic E-state index is 10.9. The molecule has 0 saturated carbocycles. The molecule has 1 aromatic carbocycles. The van der Waals surface area contributed by atoms with Gasteiger partial charge in [0.2, 0.25) is 0 Å². The fourth-order valence-electron chi connectivity index (χ4n) is 2.90. The van der Waals surface area contributed by atoms with Crippen molar-refractivity contribution in [3.63, 3.8) is 0 Å². The molecule has 25 heavy (non-hydrogen) atoms. The molecule has 3 aromatic rings. The van der Waals surface area contributed by atoms with Crippen molar-refractivity contribution in [2.45, 2.75) is 25.6 Å². The summed E-state index contributed by atoms with van der Waals surface area (Å²) in [6.45, 7) is 1.22. The Kier molecular flexibility index (Phi) is 4.06. The van der Waals surface area contributed by atoms with E-state index in [-0.39, 0.29) is 12.7 Å². The van der Waals surface area contributed by atoms with Crippen molar-refractivity contribution < 1.29 is 19.2 Å². The number of imidazole rings is 1. The molecule has 0 bridgehead atoms. The van der Waals surface area contributed by atoms with E-state index >= 15 is 0 Å². The van der Waals surface area contributed by atoms with Crippen LogP contribution in [0.2, 0.25) is 0 Å². The van der Waals surface area contributed by atoms with E-state index in [2.05, 4.69) is 20.1 Å². The smallest absolute Gasteiger partial charge is 0.407 e. The minimum Gasteiger partial charge on any atom is -0.465 e. The van der Waals surface area contributed by atoms with E-state index in [0.717, 1.165) is 16.6 Å². The van der Waals surface area contributed by atoms with Gasteiger partial charge in [0, 0.05) is 18.7 Å². The second-order valence-corrected chi connectivity index (χ2v) is 5.93. The maximum atomic E-state index is 10.9. The number of benzene rings is 1. The molecule has 0 radical (unpaired) electrons. The molecular formula is C16H17N5O4. The molecule has 0 atom stereocenters. The van der Waals surface area contributed by atoms with E-state index in [0.29, 0.717) is 37.6 Å². The summed E-state index contributed by atoms with van der Waals surface area (Å²) in [5.74, 6) is 0.899. The van der Waals surface area contributed by atoms with Gasteiger partial charge in [0.25, 0.3) is 5.89 Å². The molecule has 2 aromatic heterocycles. The number of nitrogens with zero attached hydrogens (tertiary/aromatic N) is 4. The van der Waals surface area contributed by atoms with Gasteiger partial charge >= 0.3 is 6.09 Å². The number of hydrogen-bond acceptors (Lipinski definition) is 6. The summed E-state index contributed by atoms with van der Waals surface area (Å²) in [6, 6.07) is 5.67. The van der Waals surface area contributed by atoms with Crippen molar-refractivity contribution >= 4 is 17.1 Å². The third-order valence-electron chi connectivity index (χ3n) is 4.30. The predicted molar refractivity (Wildman–Crippen MR) is 86.8 cm³/mol. The molecule has 9 heteroatoms.